The molecule has 3 aromatic rings. The fourth-order valence-corrected chi connectivity index (χ4v) is 3.12. The van der Waals surface area contributed by atoms with Crippen molar-refractivity contribution in [1.82, 2.24) is 4.98 Å². The summed E-state index contributed by atoms with van der Waals surface area (Å²) in [5.41, 5.74) is 3.54. The molecule has 0 atom stereocenters. The van der Waals surface area contributed by atoms with Crippen LogP contribution in [0.5, 0.6) is 0 Å². The number of thiophene rings is 1. The molecule has 0 amide bonds. The van der Waals surface area contributed by atoms with Crippen molar-refractivity contribution in [2.24, 2.45) is 0 Å². The Hall–Kier alpha value is -2.80. The third kappa shape index (κ3) is 3.26. The van der Waals surface area contributed by atoms with Crippen LogP contribution in [0, 0.1) is 24.0 Å². The molecular weight excluding hydrogens is 328 g/mol. The Balaban J connectivity index is 1.85. The number of carbonyl (C=O) groups excluding carboxylic acids is 1. The number of carbonyl (C=O) groups is 1. The van der Waals surface area contributed by atoms with Crippen molar-refractivity contribution >= 4 is 33.2 Å². The molecule has 122 valence electrons. The minimum Gasteiger partial charge on any atom is -0.457 e. The summed E-state index contributed by atoms with van der Waals surface area (Å²) in [6, 6.07) is 8.82. The van der Waals surface area contributed by atoms with Gasteiger partial charge in [-0.3, -0.25) is 15.1 Å². The lowest BCUT2D eigenvalue weighted by molar-refractivity contribution is -0.380. The molecule has 0 N–H and O–H groups in total. The molecule has 0 aliphatic heterocycles. The Morgan fingerprint density at radius 1 is 1.29 bits per heavy atom. The lowest BCUT2D eigenvalue weighted by Gasteiger charge is -2.08. The number of pyridine rings is 1. The minimum atomic E-state index is -0.468. The first-order valence-electron chi connectivity index (χ1n) is 7.21. The standard InChI is InChI=1S/C17H14N2O4S/c1-10-3-4-15-13(5-10)14(6-11(2)18-15)17(20)23-8-12-7-16(19(21)22)24-9-12/h3-7,9H,8H2,1-2H3. The molecule has 0 saturated carbocycles. The van der Waals surface area contributed by atoms with E-state index in [1.807, 2.05) is 32.0 Å². The van der Waals surface area contributed by atoms with Gasteiger partial charge < -0.3 is 4.74 Å². The number of aromatic nitrogens is 1. The SMILES string of the molecule is Cc1ccc2nc(C)cc(C(=O)OCc3csc([N+](=O)[O-])c3)c2c1. The summed E-state index contributed by atoms with van der Waals surface area (Å²) >= 11 is 1.01. The lowest BCUT2D eigenvalue weighted by atomic mass is 10.1. The van der Waals surface area contributed by atoms with E-state index < -0.39 is 10.9 Å². The van der Waals surface area contributed by atoms with Gasteiger partial charge >= 0.3 is 11.0 Å². The normalized spacial score (nSPS) is 10.8. The van der Waals surface area contributed by atoms with Crippen LogP contribution in [0.3, 0.4) is 0 Å². The van der Waals surface area contributed by atoms with Crippen LogP contribution >= 0.6 is 11.3 Å². The molecule has 0 unspecified atom stereocenters. The van der Waals surface area contributed by atoms with Crippen molar-refractivity contribution in [1.29, 1.82) is 0 Å². The summed E-state index contributed by atoms with van der Waals surface area (Å²) in [6.45, 7) is 3.76. The van der Waals surface area contributed by atoms with E-state index in [-0.39, 0.29) is 11.6 Å². The molecular formula is C17H14N2O4S. The number of benzene rings is 1. The molecule has 0 radical (unpaired) electrons. The summed E-state index contributed by atoms with van der Waals surface area (Å²) < 4.78 is 5.33. The van der Waals surface area contributed by atoms with Gasteiger partial charge in [0.1, 0.15) is 6.61 Å². The molecule has 0 aliphatic carbocycles. The van der Waals surface area contributed by atoms with Crippen LogP contribution in [0.1, 0.15) is 27.2 Å². The van der Waals surface area contributed by atoms with E-state index in [4.69, 9.17) is 4.74 Å². The molecule has 3 rings (SSSR count). The zero-order valence-corrected chi connectivity index (χ0v) is 13.9. The average molecular weight is 342 g/mol. The van der Waals surface area contributed by atoms with Gasteiger partial charge in [0, 0.05) is 28.1 Å². The molecule has 0 saturated heterocycles. The topological polar surface area (TPSA) is 82.3 Å². The second kappa shape index (κ2) is 6.37. The van der Waals surface area contributed by atoms with Crippen LogP contribution in [-0.2, 0) is 11.3 Å². The van der Waals surface area contributed by atoms with Gasteiger partial charge in [-0.05, 0) is 32.0 Å². The largest absolute Gasteiger partial charge is 0.457 e. The molecule has 24 heavy (non-hydrogen) atoms. The van der Waals surface area contributed by atoms with E-state index in [1.165, 1.54) is 6.07 Å². The van der Waals surface area contributed by atoms with Crippen molar-refractivity contribution in [3.05, 3.63) is 68.2 Å². The first-order chi connectivity index (χ1) is 11.4. The quantitative estimate of drug-likeness (QED) is 0.403. The van der Waals surface area contributed by atoms with Gasteiger partial charge in [0.25, 0.3) is 0 Å². The number of rotatable bonds is 4. The second-order valence-corrected chi connectivity index (χ2v) is 6.35. The maximum atomic E-state index is 12.5. The lowest BCUT2D eigenvalue weighted by Crippen LogP contribution is -2.07. The Kier molecular flexibility index (Phi) is 4.26. The van der Waals surface area contributed by atoms with Crippen LogP contribution in [0.2, 0.25) is 0 Å². The monoisotopic (exact) mass is 342 g/mol. The highest BCUT2D eigenvalue weighted by molar-refractivity contribution is 7.13. The van der Waals surface area contributed by atoms with E-state index in [0.29, 0.717) is 11.1 Å². The van der Waals surface area contributed by atoms with E-state index in [9.17, 15) is 14.9 Å². The van der Waals surface area contributed by atoms with Crippen LogP contribution in [-0.4, -0.2) is 15.9 Å². The van der Waals surface area contributed by atoms with Crippen molar-refractivity contribution < 1.29 is 14.5 Å². The molecule has 0 spiro atoms. The van der Waals surface area contributed by atoms with E-state index in [2.05, 4.69) is 4.98 Å². The van der Waals surface area contributed by atoms with Gasteiger partial charge in [0.15, 0.2) is 0 Å². The fourth-order valence-electron chi connectivity index (χ4n) is 2.40. The van der Waals surface area contributed by atoms with Gasteiger partial charge in [-0.1, -0.05) is 23.0 Å². The van der Waals surface area contributed by atoms with Gasteiger partial charge in [-0.15, -0.1) is 0 Å². The predicted octanol–water partition coefficient (Wildman–Crippen LogP) is 4.18. The average Bonchev–Trinajstić information content (AvgIpc) is 3.01. The van der Waals surface area contributed by atoms with Crippen molar-refractivity contribution in [3.8, 4) is 0 Å². The maximum Gasteiger partial charge on any atom is 0.339 e. The first kappa shape index (κ1) is 16.1. The number of aryl methyl sites for hydroxylation is 2. The van der Waals surface area contributed by atoms with E-state index in [0.717, 1.165) is 33.5 Å². The highest BCUT2D eigenvalue weighted by atomic mass is 32.1. The van der Waals surface area contributed by atoms with Gasteiger partial charge in [-0.2, -0.15) is 0 Å². The number of nitro groups is 1. The molecule has 1 aromatic carbocycles. The third-order valence-electron chi connectivity index (χ3n) is 3.50. The Morgan fingerprint density at radius 2 is 2.08 bits per heavy atom. The Labute approximate surface area is 141 Å². The molecule has 2 heterocycles. The molecule has 0 bridgehead atoms. The Bertz CT molecular complexity index is 949. The van der Waals surface area contributed by atoms with Crippen LogP contribution in [0.25, 0.3) is 10.9 Å². The molecule has 7 heteroatoms. The minimum absolute atomic E-state index is 0.00213. The smallest absolute Gasteiger partial charge is 0.339 e. The van der Waals surface area contributed by atoms with Gasteiger partial charge in [0.05, 0.1) is 16.0 Å². The van der Waals surface area contributed by atoms with Crippen LogP contribution < -0.4 is 0 Å². The van der Waals surface area contributed by atoms with Gasteiger partial charge in [-0.25, -0.2) is 4.79 Å². The summed E-state index contributed by atoms with van der Waals surface area (Å²) in [5, 5.41) is 13.1. The zero-order valence-electron chi connectivity index (χ0n) is 13.1. The summed E-state index contributed by atoms with van der Waals surface area (Å²) in [7, 11) is 0. The predicted molar refractivity (Wildman–Crippen MR) is 91.3 cm³/mol. The molecule has 0 aliphatic rings. The number of hydrogen-bond donors (Lipinski definition) is 0. The van der Waals surface area contributed by atoms with Gasteiger partial charge in [0.2, 0.25) is 0 Å². The first-order valence-corrected chi connectivity index (χ1v) is 8.09. The van der Waals surface area contributed by atoms with Crippen molar-refractivity contribution in [2.45, 2.75) is 20.5 Å². The molecule has 0 fully saturated rings. The Morgan fingerprint density at radius 3 is 2.79 bits per heavy atom. The zero-order chi connectivity index (χ0) is 17.3. The molecule has 6 nitrogen and oxygen atoms in total. The molecule has 2 aromatic heterocycles. The maximum absolute atomic E-state index is 12.5. The second-order valence-electron chi connectivity index (χ2n) is 5.46. The van der Waals surface area contributed by atoms with Crippen molar-refractivity contribution in [2.75, 3.05) is 0 Å². The van der Waals surface area contributed by atoms with Crippen LogP contribution in [0.4, 0.5) is 5.00 Å². The third-order valence-corrected chi connectivity index (χ3v) is 4.43. The van der Waals surface area contributed by atoms with E-state index in [1.54, 1.807) is 11.4 Å². The van der Waals surface area contributed by atoms with Crippen LogP contribution in [0.15, 0.2) is 35.7 Å². The number of ether oxygens (including phenoxy) is 1. The number of nitrogens with zero attached hydrogens (tertiary/aromatic N) is 2. The number of hydrogen-bond acceptors (Lipinski definition) is 6. The fraction of sp³-hybridized carbons (Fsp3) is 0.176. The number of fused-ring (bicyclic) bond motifs is 1. The van der Waals surface area contributed by atoms with E-state index >= 15 is 0 Å². The summed E-state index contributed by atoms with van der Waals surface area (Å²) in [6.07, 6.45) is 0. The summed E-state index contributed by atoms with van der Waals surface area (Å²) in [5.74, 6) is -0.468. The highest BCUT2D eigenvalue weighted by Gasteiger charge is 2.15. The summed E-state index contributed by atoms with van der Waals surface area (Å²) in [4.78, 5) is 27.1. The highest BCUT2D eigenvalue weighted by Crippen LogP contribution is 2.24. The number of esters is 1. The van der Waals surface area contributed by atoms with Crippen molar-refractivity contribution in [3.63, 3.8) is 0 Å².